The topological polar surface area (TPSA) is 25.2 Å². The molecule has 1 aliphatic carbocycles. The van der Waals surface area contributed by atoms with Crippen LogP contribution in [0.1, 0.15) is 31.4 Å². The van der Waals surface area contributed by atoms with Gasteiger partial charge in [-0.25, -0.2) is 0 Å². The van der Waals surface area contributed by atoms with Crippen LogP contribution in [-0.4, -0.2) is 13.1 Å². The van der Waals surface area contributed by atoms with Gasteiger partial charge in [-0.2, -0.15) is 0 Å². The molecule has 2 fully saturated rings. The van der Waals surface area contributed by atoms with Crippen LogP contribution < -0.4 is 5.32 Å². The summed E-state index contributed by atoms with van der Waals surface area (Å²) in [6.07, 6.45) is 7.13. The van der Waals surface area contributed by atoms with Crippen molar-refractivity contribution < 1.29 is 4.42 Å². The van der Waals surface area contributed by atoms with Gasteiger partial charge in [0.25, 0.3) is 0 Å². The number of hydrogen-bond acceptors (Lipinski definition) is 2. The highest BCUT2D eigenvalue weighted by molar-refractivity contribution is 5.24. The van der Waals surface area contributed by atoms with Gasteiger partial charge in [-0.15, -0.1) is 0 Å². The van der Waals surface area contributed by atoms with E-state index < -0.39 is 0 Å². The van der Waals surface area contributed by atoms with E-state index >= 15 is 0 Å². The zero-order chi connectivity index (χ0) is 9.43. The molecule has 3 rings (SSSR count). The number of hydrogen-bond donors (Lipinski definition) is 1. The fraction of sp³-hybridized carbons (Fsp3) is 0.667. The predicted octanol–water partition coefficient (Wildman–Crippen LogP) is 2.31. The average molecular weight is 191 g/mol. The molecule has 1 aliphatic heterocycles. The van der Waals surface area contributed by atoms with Gasteiger partial charge in [0.1, 0.15) is 5.76 Å². The lowest BCUT2D eigenvalue weighted by Gasteiger charge is -2.29. The van der Waals surface area contributed by atoms with Crippen molar-refractivity contribution in [2.24, 2.45) is 5.92 Å². The molecule has 2 aliphatic rings. The lowest BCUT2D eigenvalue weighted by atomic mass is 9.80. The first-order chi connectivity index (χ1) is 6.92. The lowest BCUT2D eigenvalue weighted by Crippen LogP contribution is -2.34. The molecule has 0 radical (unpaired) electrons. The van der Waals surface area contributed by atoms with Crippen LogP contribution in [0.4, 0.5) is 0 Å². The highest BCUT2D eigenvalue weighted by atomic mass is 16.3. The molecule has 0 spiro atoms. The molecule has 0 amide bonds. The lowest BCUT2D eigenvalue weighted by molar-refractivity contribution is 0.271. The maximum atomic E-state index is 5.59. The van der Waals surface area contributed by atoms with E-state index in [0.717, 1.165) is 5.92 Å². The average Bonchev–Trinajstić information content (AvgIpc) is 2.88. The summed E-state index contributed by atoms with van der Waals surface area (Å²) in [7, 11) is 0. The minimum absolute atomic E-state index is 0.436. The first kappa shape index (κ1) is 8.54. The zero-order valence-corrected chi connectivity index (χ0v) is 8.46. The van der Waals surface area contributed by atoms with Crippen molar-refractivity contribution in [2.45, 2.75) is 31.1 Å². The summed E-state index contributed by atoms with van der Waals surface area (Å²) < 4.78 is 5.59. The molecule has 2 nitrogen and oxygen atoms in total. The van der Waals surface area contributed by atoms with E-state index in [-0.39, 0.29) is 0 Å². The molecule has 1 saturated heterocycles. The highest BCUT2D eigenvalue weighted by Crippen LogP contribution is 2.56. The second-order valence-corrected chi connectivity index (χ2v) is 4.66. The van der Waals surface area contributed by atoms with E-state index in [1.165, 1.54) is 44.5 Å². The van der Waals surface area contributed by atoms with E-state index in [9.17, 15) is 0 Å². The van der Waals surface area contributed by atoms with Crippen LogP contribution in [0.2, 0.25) is 0 Å². The molecule has 1 saturated carbocycles. The summed E-state index contributed by atoms with van der Waals surface area (Å²) in [6, 6.07) is 4.19. The summed E-state index contributed by atoms with van der Waals surface area (Å²) in [5.74, 6) is 2.10. The van der Waals surface area contributed by atoms with Gasteiger partial charge in [0.2, 0.25) is 0 Å². The van der Waals surface area contributed by atoms with E-state index in [4.69, 9.17) is 4.42 Å². The summed E-state index contributed by atoms with van der Waals surface area (Å²) in [6.45, 7) is 2.38. The Labute approximate surface area is 84.7 Å². The number of nitrogens with one attached hydrogen (secondary N) is 1. The van der Waals surface area contributed by atoms with Crippen molar-refractivity contribution in [3.8, 4) is 0 Å². The Morgan fingerprint density at radius 3 is 2.64 bits per heavy atom. The molecule has 2 heterocycles. The maximum absolute atomic E-state index is 5.59. The second kappa shape index (κ2) is 3.13. The minimum Gasteiger partial charge on any atom is -0.469 e. The summed E-state index contributed by atoms with van der Waals surface area (Å²) >= 11 is 0. The Morgan fingerprint density at radius 2 is 2.07 bits per heavy atom. The summed E-state index contributed by atoms with van der Waals surface area (Å²) in [5, 5.41) is 3.43. The second-order valence-electron chi connectivity index (χ2n) is 4.66. The van der Waals surface area contributed by atoms with Crippen LogP contribution in [-0.2, 0) is 5.41 Å². The molecule has 1 aromatic rings. The van der Waals surface area contributed by atoms with Gasteiger partial charge in [-0.1, -0.05) is 0 Å². The van der Waals surface area contributed by atoms with Crippen LogP contribution in [0, 0.1) is 5.92 Å². The van der Waals surface area contributed by atoms with Crippen LogP contribution in [0.25, 0.3) is 0 Å². The highest BCUT2D eigenvalue weighted by Gasteiger charge is 2.52. The van der Waals surface area contributed by atoms with Crippen molar-refractivity contribution >= 4 is 0 Å². The smallest absolute Gasteiger partial charge is 0.110 e. The fourth-order valence-corrected chi connectivity index (χ4v) is 2.93. The van der Waals surface area contributed by atoms with Crippen LogP contribution in [0.15, 0.2) is 22.8 Å². The van der Waals surface area contributed by atoms with Gasteiger partial charge in [-0.05, 0) is 56.8 Å². The van der Waals surface area contributed by atoms with Crippen molar-refractivity contribution in [2.75, 3.05) is 13.1 Å². The maximum Gasteiger partial charge on any atom is 0.110 e. The molecule has 1 aromatic heterocycles. The molecule has 76 valence electrons. The molecule has 2 heteroatoms. The van der Waals surface area contributed by atoms with Crippen molar-refractivity contribution in [3.05, 3.63) is 24.2 Å². The summed E-state index contributed by atoms with van der Waals surface area (Å²) in [5.41, 5.74) is 0.436. The molecule has 0 atom stereocenters. The van der Waals surface area contributed by atoms with Crippen LogP contribution >= 0.6 is 0 Å². The Balaban J connectivity index is 1.82. The SMILES string of the molecule is c1coc(C2(C3CCNCC3)CC2)c1. The largest absolute Gasteiger partial charge is 0.469 e. The third kappa shape index (κ3) is 1.21. The third-order valence-electron chi connectivity index (χ3n) is 3.92. The molecule has 0 aromatic carbocycles. The van der Waals surface area contributed by atoms with E-state index in [1.807, 2.05) is 12.3 Å². The first-order valence-electron chi connectivity index (χ1n) is 5.66. The summed E-state index contributed by atoms with van der Waals surface area (Å²) in [4.78, 5) is 0. The zero-order valence-electron chi connectivity index (χ0n) is 8.46. The van der Waals surface area contributed by atoms with Crippen molar-refractivity contribution in [1.82, 2.24) is 5.32 Å². The molecule has 0 bridgehead atoms. The Bertz CT molecular complexity index is 294. The molecular formula is C12H17NO. The number of furan rings is 1. The predicted molar refractivity (Wildman–Crippen MR) is 55.2 cm³/mol. The normalized spacial score (nSPS) is 26.3. The van der Waals surface area contributed by atoms with E-state index in [0.29, 0.717) is 5.41 Å². The monoisotopic (exact) mass is 191 g/mol. The van der Waals surface area contributed by atoms with Gasteiger partial charge in [0, 0.05) is 5.41 Å². The fourth-order valence-electron chi connectivity index (χ4n) is 2.93. The van der Waals surface area contributed by atoms with Crippen molar-refractivity contribution in [1.29, 1.82) is 0 Å². The van der Waals surface area contributed by atoms with Crippen LogP contribution in [0.3, 0.4) is 0 Å². The quantitative estimate of drug-likeness (QED) is 0.776. The van der Waals surface area contributed by atoms with Gasteiger partial charge in [0.15, 0.2) is 0 Å². The third-order valence-corrected chi connectivity index (χ3v) is 3.92. The Morgan fingerprint density at radius 1 is 1.29 bits per heavy atom. The van der Waals surface area contributed by atoms with Gasteiger partial charge in [0.05, 0.1) is 6.26 Å². The standard InChI is InChI=1S/C12H17NO/c1-2-11(14-9-1)12(5-6-12)10-3-7-13-8-4-10/h1-2,9-10,13H,3-8H2. The molecule has 14 heavy (non-hydrogen) atoms. The number of piperidine rings is 1. The number of rotatable bonds is 2. The first-order valence-corrected chi connectivity index (χ1v) is 5.66. The Kier molecular flexibility index (Phi) is 1.91. The van der Waals surface area contributed by atoms with Crippen molar-refractivity contribution in [3.63, 3.8) is 0 Å². The van der Waals surface area contributed by atoms with Gasteiger partial charge >= 0.3 is 0 Å². The Hall–Kier alpha value is -0.760. The van der Waals surface area contributed by atoms with E-state index in [1.54, 1.807) is 0 Å². The van der Waals surface area contributed by atoms with Crippen LogP contribution in [0.5, 0.6) is 0 Å². The van der Waals surface area contributed by atoms with Gasteiger partial charge in [-0.3, -0.25) is 0 Å². The minimum atomic E-state index is 0.436. The van der Waals surface area contributed by atoms with Gasteiger partial charge < -0.3 is 9.73 Å². The molecular weight excluding hydrogens is 174 g/mol. The molecule has 1 N–H and O–H groups in total. The van der Waals surface area contributed by atoms with E-state index in [2.05, 4.69) is 11.4 Å². The molecule has 0 unspecified atom stereocenters.